The smallest absolute Gasteiger partial charge is 0.135 e. The van der Waals surface area contributed by atoms with E-state index < -0.39 is 0 Å². The minimum Gasteiger partial charge on any atom is -0.457 e. The molecule has 3 heteroatoms. The van der Waals surface area contributed by atoms with Crippen molar-refractivity contribution in [1.82, 2.24) is 0 Å². The van der Waals surface area contributed by atoms with Crippen molar-refractivity contribution in [3.05, 3.63) is 69.8 Å². The fourth-order valence-corrected chi connectivity index (χ4v) is 3.18. The van der Waals surface area contributed by atoms with Crippen molar-refractivity contribution in [1.29, 1.82) is 0 Å². The fraction of sp³-hybridized carbons (Fsp3) is 0. The molecule has 0 atom stereocenters. The maximum absolute atomic E-state index is 5.97. The Labute approximate surface area is 124 Å². The Bertz CT molecular complexity index is 676. The summed E-state index contributed by atoms with van der Waals surface area (Å²) >= 11 is 5.26. The number of rotatable bonds is 3. The van der Waals surface area contributed by atoms with Gasteiger partial charge in [0, 0.05) is 11.1 Å². The molecule has 3 rings (SSSR count). The van der Waals surface area contributed by atoms with Crippen molar-refractivity contribution in [2.24, 2.45) is 0 Å². The summed E-state index contributed by atoms with van der Waals surface area (Å²) < 4.78 is 7.09. The van der Waals surface area contributed by atoms with Crippen LogP contribution in [0.25, 0.3) is 11.1 Å². The highest BCUT2D eigenvalue weighted by molar-refractivity contribution is 9.11. The van der Waals surface area contributed by atoms with E-state index in [4.69, 9.17) is 4.74 Å². The van der Waals surface area contributed by atoms with Crippen LogP contribution in [0.2, 0.25) is 0 Å². The van der Waals surface area contributed by atoms with Gasteiger partial charge in [-0.3, -0.25) is 0 Å². The second-order valence-corrected chi connectivity index (χ2v) is 6.25. The number of halogens is 1. The SMILES string of the molecule is Brc1sccc1-c1ccccc1Oc1ccccc1. The highest BCUT2D eigenvalue weighted by Gasteiger charge is 2.10. The van der Waals surface area contributed by atoms with Crippen LogP contribution in [-0.2, 0) is 0 Å². The van der Waals surface area contributed by atoms with Crippen molar-refractivity contribution in [3.63, 3.8) is 0 Å². The number of hydrogen-bond acceptors (Lipinski definition) is 2. The van der Waals surface area contributed by atoms with E-state index in [1.165, 1.54) is 0 Å². The van der Waals surface area contributed by atoms with Gasteiger partial charge >= 0.3 is 0 Å². The second kappa shape index (κ2) is 5.59. The quantitative estimate of drug-likeness (QED) is 0.574. The summed E-state index contributed by atoms with van der Waals surface area (Å²) in [5.74, 6) is 1.72. The molecule has 0 aliphatic heterocycles. The van der Waals surface area contributed by atoms with Crippen molar-refractivity contribution in [2.45, 2.75) is 0 Å². The molecular formula is C16H11BrOS. The second-order valence-electron chi connectivity index (χ2n) is 4.02. The molecule has 3 aromatic rings. The molecule has 0 amide bonds. The lowest BCUT2D eigenvalue weighted by Gasteiger charge is -2.10. The lowest BCUT2D eigenvalue weighted by Crippen LogP contribution is -1.87. The minimum absolute atomic E-state index is 0.848. The van der Waals surface area contributed by atoms with Crippen LogP contribution in [-0.4, -0.2) is 0 Å². The van der Waals surface area contributed by atoms with Crippen LogP contribution < -0.4 is 4.74 Å². The summed E-state index contributed by atoms with van der Waals surface area (Å²) in [6.45, 7) is 0. The summed E-state index contributed by atoms with van der Waals surface area (Å²) in [5, 5.41) is 2.07. The molecule has 0 radical (unpaired) electrons. The molecule has 0 unspecified atom stereocenters. The maximum atomic E-state index is 5.97. The van der Waals surface area contributed by atoms with Crippen molar-refractivity contribution in [2.75, 3.05) is 0 Å². The molecule has 0 aliphatic rings. The molecule has 2 aromatic carbocycles. The molecule has 0 saturated carbocycles. The van der Waals surface area contributed by atoms with E-state index in [1.807, 2.05) is 48.5 Å². The highest BCUT2D eigenvalue weighted by atomic mass is 79.9. The van der Waals surface area contributed by atoms with E-state index in [-0.39, 0.29) is 0 Å². The third kappa shape index (κ3) is 2.72. The Morgan fingerprint density at radius 3 is 2.26 bits per heavy atom. The Morgan fingerprint density at radius 1 is 0.789 bits per heavy atom. The first-order valence-electron chi connectivity index (χ1n) is 5.90. The van der Waals surface area contributed by atoms with Crippen LogP contribution in [0.1, 0.15) is 0 Å². The molecule has 1 nitrogen and oxygen atoms in total. The Morgan fingerprint density at radius 2 is 1.53 bits per heavy atom. The molecule has 94 valence electrons. The van der Waals surface area contributed by atoms with Gasteiger partial charge in [0.1, 0.15) is 11.5 Å². The van der Waals surface area contributed by atoms with E-state index in [2.05, 4.69) is 33.4 Å². The molecule has 19 heavy (non-hydrogen) atoms. The van der Waals surface area contributed by atoms with Crippen molar-refractivity contribution >= 4 is 27.3 Å². The van der Waals surface area contributed by atoms with Crippen molar-refractivity contribution < 1.29 is 4.74 Å². The Kier molecular flexibility index (Phi) is 3.67. The molecule has 0 spiro atoms. The van der Waals surface area contributed by atoms with E-state index in [9.17, 15) is 0 Å². The summed E-state index contributed by atoms with van der Waals surface area (Å²) in [7, 11) is 0. The number of ether oxygens (including phenoxy) is 1. The molecule has 0 aliphatic carbocycles. The van der Waals surface area contributed by atoms with Gasteiger partial charge in [-0.15, -0.1) is 11.3 Å². The molecule has 1 aromatic heterocycles. The maximum Gasteiger partial charge on any atom is 0.135 e. The monoisotopic (exact) mass is 330 g/mol. The molecule has 1 heterocycles. The van der Waals surface area contributed by atoms with Crippen LogP contribution in [0.4, 0.5) is 0 Å². The van der Waals surface area contributed by atoms with Gasteiger partial charge in [0.15, 0.2) is 0 Å². The van der Waals surface area contributed by atoms with Gasteiger partial charge in [-0.05, 0) is 45.6 Å². The summed E-state index contributed by atoms with van der Waals surface area (Å²) in [4.78, 5) is 0. The normalized spacial score (nSPS) is 10.4. The van der Waals surface area contributed by atoms with Crippen LogP contribution in [0, 0.1) is 0 Å². The topological polar surface area (TPSA) is 9.23 Å². The van der Waals surface area contributed by atoms with Gasteiger partial charge in [0.25, 0.3) is 0 Å². The highest BCUT2D eigenvalue weighted by Crippen LogP contribution is 2.39. The van der Waals surface area contributed by atoms with Crippen LogP contribution in [0.15, 0.2) is 69.8 Å². The van der Waals surface area contributed by atoms with Crippen LogP contribution >= 0.6 is 27.3 Å². The molecule has 0 N–H and O–H groups in total. The van der Waals surface area contributed by atoms with Crippen molar-refractivity contribution in [3.8, 4) is 22.6 Å². The molecular weight excluding hydrogens is 320 g/mol. The first-order valence-corrected chi connectivity index (χ1v) is 7.57. The zero-order valence-corrected chi connectivity index (χ0v) is 12.4. The molecule has 0 saturated heterocycles. The standard InChI is InChI=1S/C16H11BrOS/c17-16-14(10-11-19-16)13-8-4-5-9-15(13)18-12-6-2-1-3-7-12/h1-11H. The van der Waals surface area contributed by atoms with E-state index in [0.717, 1.165) is 26.4 Å². The Balaban J connectivity index is 2.01. The largest absolute Gasteiger partial charge is 0.457 e. The fourth-order valence-electron chi connectivity index (χ4n) is 1.88. The van der Waals surface area contributed by atoms with E-state index >= 15 is 0 Å². The number of benzene rings is 2. The third-order valence-corrected chi connectivity index (χ3v) is 4.45. The summed E-state index contributed by atoms with van der Waals surface area (Å²) in [5.41, 5.74) is 2.26. The predicted molar refractivity (Wildman–Crippen MR) is 84.0 cm³/mol. The summed E-state index contributed by atoms with van der Waals surface area (Å²) in [6.07, 6.45) is 0. The minimum atomic E-state index is 0.848. The summed E-state index contributed by atoms with van der Waals surface area (Å²) in [6, 6.07) is 20.0. The average Bonchev–Trinajstić information content (AvgIpc) is 2.87. The average molecular weight is 331 g/mol. The van der Waals surface area contributed by atoms with Gasteiger partial charge in [-0.1, -0.05) is 36.4 Å². The zero-order chi connectivity index (χ0) is 13.1. The lowest BCUT2D eigenvalue weighted by atomic mass is 10.1. The number of hydrogen-bond donors (Lipinski definition) is 0. The van der Waals surface area contributed by atoms with Gasteiger partial charge < -0.3 is 4.74 Å². The van der Waals surface area contributed by atoms with E-state index in [1.54, 1.807) is 11.3 Å². The molecule has 0 bridgehead atoms. The lowest BCUT2D eigenvalue weighted by molar-refractivity contribution is 0.484. The van der Waals surface area contributed by atoms with E-state index in [0.29, 0.717) is 0 Å². The zero-order valence-electron chi connectivity index (χ0n) is 10.0. The number of thiophene rings is 1. The van der Waals surface area contributed by atoms with Gasteiger partial charge in [0.05, 0.1) is 3.79 Å². The third-order valence-electron chi connectivity index (χ3n) is 2.77. The first kappa shape index (κ1) is 12.5. The van der Waals surface area contributed by atoms with Gasteiger partial charge in [-0.2, -0.15) is 0 Å². The number of para-hydroxylation sites is 2. The van der Waals surface area contributed by atoms with Crippen LogP contribution in [0.3, 0.4) is 0 Å². The molecule has 0 fully saturated rings. The first-order chi connectivity index (χ1) is 9.34. The van der Waals surface area contributed by atoms with Gasteiger partial charge in [-0.25, -0.2) is 0 Å². The predicted octanol–water partition coefficient (Wildman–Crippen LogP) is 5.97. The van der Waals surface area contributed by atoms with Crippen LogP contribution in [0.5, 0.6) is 11.5 Å². The van der Waals surface area contributed by atoms with Gasteiger partial charge in [0.2, 0.25) is 0 Å². The Hall–Kier alpha value is -1.58.